The molecule has 2 radical (unpaired) electrons. The predicted molar refractivity (Wildman–Crippen MR) is 76.2 cm³/mol. The molecule has 0 aliphatic heterocycles. The minimum absolute atomic E-state index is 0.0216. The number of carbonyl (C=O) groups excluding carboxylic acids is 1. The summed E-state index contributed by atoms with van der Waals surface area (Å²) in [6.45, 7) is 8.00. The van der Waals surface area contributed by atoms with Crippen molar-refractivity contribution in [2.45, 2.75) is 45.8 Å². The fourth-order valence-electron chi connectivity index (χ4n) is 0.880. The Morgan fingerprint density at radius 3 is 1.79 bits per heavy atom. The SMILES string of the molecule is CC(C)(O)C(C)(C)O.[B]c1ccc(O)c(C=O)c1C. The summed E-state index contributed by atoms with van der Waals surface area (Å²) in [4.78, 5) is 10.4. The Balaban J connectivity index is 0.000000362. The van der Waals surface area contributed by atoms with Gasteiger partial charge in [0.15, 0.2) is 6.29 Å². The maximum absolute atomic E-state index is 10.4. The van der Waals surface area contributed by atoms with E-state index in [0.717, 1.165) is 0 Å². The number of rotatable bonds is 2. The molecular weight excluding hydrogens is 243 g/mol. The van der Waals surface area contributed by atoms with Gasteiger partial charge in [0.2, 0.25) is 0 Å². The maximum Gasteiger partial charge on any atom is 0.154 e. The molecule has 3 N–H and O–H groups in total. The van der Waals surface area contributed by atoms with E-state index in [1.165, 1.54) is 6.07 Å². The highest BCUT2D eigenvalue weighted by atomic mass is 16.3. The van der Waals surface area contributed by atoms with E-state index in [2.05, 4.69) is 0 Å². The van der Waals surface area contributed by atoms with Gasteiger partial charge in [-0.2, -0.15) is 0 Å². The van der Waals surface area contributed by atoms with Crippen LogP contribution in [0.25, 0.3) is 0 Å². The molecule has 0 saturated heterocycles. The lowest BCUT2D eigenvalue weighted by Gasteiger charge is -2.31. The number of hydrogen-bond donors (Lipinski definition) is 3. The highest BCUT2D eigenvalue weighted by Crippen LogP contribution is 2.19. The maximum atomic E-state index is 10.4. The molecule has 1 aromatic rings. The first-order valence-electron chi connectivity index (χ1n) is 5.89. The highest BCUT2D eigenvalue weighted by Gasteiger charge is 2.31. The van der Waals surface area contributed by atoms with Crippen LogP contribution in [0, 0.1) is 6.92 Å². The second kappa shape index (κ2) is 6.22. The van der Waals surface area contributed by atoms with Crippen LogP contribution in [0.3, 0.4) is 0 Å². The standard InChI is InChI=1S/C8H7BO2.C6H14O2/c1-5-6(4-10)8(11)3-2-7(5)9;1-5(2,7)6(3,4)8/h2-4,11H,1H3;7-8H,1-4H3. The minimum Gasteiger partial charge on any atom is -0.507 e. The van der Waals surface area contributed by atoms with Crippen molar-refractivity contribution in [3.63, 3.8) is 0 Å². The van der Waals surface area contributed by atoms with Crippen molar-refractivity contribution in [3.8, 4) is 5.75 Å². The Labute approximate surface area is 115 Å². The zero-order valence-electron chi connectivity index (χ0n) is 12.1. The van der Waals surface area contributed by atoms with Crippen LogP contribution in [0.1, 0.15) is 43.6 Å². The Morgan fingerprint density at radius 2 is 1.53 bits per heavy atom. The Hall–Kier alpha value is -1.33. The average Bonchev–Trinajstić information content (AvgIpc) is 2.23. The summed E-state index contributed by atoms with van der Waals surface area (Å²) < 4.78 is 0. The molecule has 5 heteroatoms. The van der Waals surface area contributed by atoms with Crippen molar-refractivity contribution in [2.75, 3.05) is 0 Å². The van der Waals surface area contributed by atoms with Gasteiger partial charge in [0.1, 0.15) is 13.6 Å². The predicted octanol–water partition coefficient (Wildman–Crippen LogP) is 0.835. The quantitative estimate of drug-likeness (QED) is 0.546. The molecular formula is C14H21BO4. The van der Waals surface area contributed by atoms with Crippen molar-refractivity contribution in [2.24, 2.45) is 0 Å². The van der Waals surface area contributed by atoms with E-state index in [0.29, 0.717) is 17.3 Å². The Kier molecular flexibility index (Phi) is 5.78. The Bertz CT molecular complexity index is 430. The number of phenols is 1. The third-order valence-electron chi connectivity index (χ3n) is 3.15. The molecule has 0 saturated carbocycles. The van der Waals surface area contributed by atoms with E-state index < -0.39 is 11.2 Å². The number of aliphatic hydroxyl groups is 2. The summed E-state index contributed by atoms with van der Waals surface area (Å²) >= 11 is 0. The second-order valence-electron chi connectivity index (χ2n) is 5.45. The molecule has 4 nitrogen and oxygen atoms in total. The molecule has 0 aromatic heterocycles. The van der Waals surface area contributed by atoms with Gasteiger partial charge in [-0.25, -0.2) is 0 Å². The average molecular weight is 264 g/mol. The number of phenolic OH excluding ortho intramolecular Hbond substituents is 1. The van der Waals surface area contributed by atoms with Crippen molar-refractivity contribution in [3.05, 3.63) is 23.3 Å². The van der Waals surface area contributed by atoms with Crippen LogP contribution in [0.4, 0.5) is 0 Å². The molecule has 0 bridgehead atoms. The second-order valence-corrected chi connectivity index (χ2v) is 5.45. The largest absolute Gasteiger partial charge is 0.507 e. The summed E-state index contributed by atoms with van der Waals surface area (Å²) in [5.41, 5.74) is -0.602. The molecule has 1 aromatic carbocycles. The number of benzene rings is 1. The van der Waals surface area contributed by atoms with Gasteiger partial charge < -0.3 is 15.3 Å². The van der Waals surface area contributed by atoms with E-state index in [4.69, 9.17) is 23.2 Å². The normalized spacial score (nSPS) is 11.5. The van der Waals surface area contributed by atoms with Gasteiger partial charge in [-0.05, 0) is 46.2 Å². The molecule has 104 valence electrons. The lowest BCUT2D eigenvalue weighted by Crippen LogP contribution is -2.44. The minimum atomic E-state index is -1.01. The van der Waals surface area contributed by atoms with E-state index in [1.54, 1.807) is 40.7 Å². The Morgan fingerprint density at radius 1 is 1.11 bits per heavy atom. The molecule has 0 spiro atoms. The zero-order valence-corrected chi connectivity index (χ0v) is 12.1. The molecule has 0 aliphatic rings. The van der Waals surface area contributed by atoms with Gasteiger partial charge in [-0.3, -0.25) is 4.79 Å². The van der Waals surface area contributed by atoms with Gasteiger partial charge >= 0.3 is 0 Å². The summed E-state index contributed by atoms with van der Waals surface area (Å²) in [5.74, 6) is -0.0216. The van der Waals surface area contributed by atoms with Gasteiger partial charge in [0.25, 0.3) is 0 Å². The van der Waals surface area contributed by atoms with Gasteiger partial charge in [0.05, 0.1) is 16.8 Å². The molecule has 0 heterocycles. The zero-order chi connectivity index (χ0) is 15.4. The van der Waals surface area contributed by atoms with Crippen LogP contribution >= 0.6 is 0 Å². The first-order chi connectivity index (χ1) is 8.41. The number of aldehydes is 1. The van der Waals surface area contributed by atoms with Crippen LogP contribution in [0.2, 0.25) is 0 Å². The van der Waals surface area contributed by atoms with Crippen molar-refractivity contribution in [1.82, 2.24) is 0 Å². The first kappa shape index (κ1) is 17.7. The van der Waals surface area contributed by atoms with Gasteiger partial charge in [-0.15, -0.1) is 0 Å². The van der Waals surface area contributed by atoms with Crippen molar-refractivity contribution in [1.29, 1.82) is 0 Å². The molecule has 1 rings (SSSR count). The number of aromatic hydroxyl groups is 1. The molecule has 0 aliphatic carbocycles. The van der Waals surface area contributed by atoms with E-state index in [1.807, 2.05) is 0 Å². The first-order valence-corrected chi connectivity index (χ1v) is 5.89. The number of carbonyl (C=O) groups is 1. The van der Waals surface area contributed by atoms with E-state index in [9.17, 15) is 4.79 Å². The summed E-state index contributed by atoms with van der Waals surface area (Å²) in [5, 5.41) is 27.3. The summed E-state index contributed by atoms with van der Waals surface area (Å²) in [7, 11) is 5.50. The molecule has 0 atom stereocenters. The lowest BCUT2D eigenvalue weighted by atomic mass is 9.88. The van der Waals surface area contributed by atoms with Crippen LogP contribution in [0.5, 0.6) is 5.75 Å². The topological polar surface area (TPSA) is 77.8 Å². The molecule has 0 amide bonds. The lowest BCUT2D eigenvalue weighted by molar-refractivity contribution is -0.107. The fourth-order valence-corrected chi connectivity index (χ4v) is 0.880. The van der Waals surface area contributed by atoms with Crippen molar-refractivity contribution >= 4 is 19.6 Å². The van der Waals surface area contributed by atoms with Crippen LogP contribution in [-0.2, 0) is 0 Å². The molecule has 0 unspecified atom stereocenters. The fraction of sp³-hybridized carbons (Fsp3) is 0.500. The third kappa shape index (κ3) is 5.05. The third-order valence-corrected chi connectivity index (χ3v) is 3.15. The number of hydrogen-bond acceptors (Lipinski definition) is 4. The highest BCUT2D eigenvalue weighted by molar-refractivity contribution is 6.33. The monoisotopic (exact) mass is 264 g/mol. The summed E-state index contributed by atoms with van der Waals surface area (Å²) in [6.07, 6.45) is 0.598. The van der Waals surface area contributed by atoms with Crippen LogP contribution in [0.15, 0.2) is 12.1 Å². The van der Waals surface area contributed by atoms with Gasteiger partial charge in [0, 0.05) is 0 Å². The smallest absolute Gasteiger partial charge is 0.154 e. The molecule has 0 fully saturated rings. The van der Waals surface area contributed by atoms with Gasteiger partial charge in [-0.1, -0.05) is 11.5 Å². The van der Waals surface area contributed by atoms with Crippen LogP contribution < -0.4 is 5.46 Å². The van der Waals surface area contributed by atoms with Crippen molar-refractivity contribution < 1.29 is 20.1 Å². The van der Waals surface area contributed by atoms with Crippen LogP contribution in [-0.4, -0.2) is 40.7 Å². The van der Waals surface area contributed by atoms with E-state index >= 15 is 0 Å². The molecule has 19 heavy (non-hydrogen) atoms. The van der Waals surface area contributed by atoms with E-state index in [-0.39, 0.29) is 11.3 Å². The summed E-state index contributed by atoms with van der Waals surface area (Å²) in [6, 6.07) is 2.98.